The van der Waals surface area contributed by atoms with Crippen LogP contribution >= 0.6 is 15.9 Å². The lowest BCUT2D eigenvalue weighted by Crippen LogP contribution is -2.09. The van der Waals surface area contributed by atoms with E-state index in [1.54, 1.807) is 6.20 Å². The fraction of sp³-hybridized carbons (Fsp3) is 0.231. The van der Waals surface area contributed by atoms with Gasteiger partial charge in [0.15, 0.2) is 5.78 Å². The molecule has 0 saturated carbocycles. The molecule has 1 aromatic heterocycles. The van der Waals surface area contributed by atoms with Gasteiger partial charge < -0.3 is 4.57 Å². The van der Waals surface area contributed by atoms with Crippen molar-refractivity contribution in [3.8, 4) is 0 Å². The number of ketones is 1. The molecule has 88 valence electrons. The maximum absolute atomic E-state index is 12.2. The molecule has 0 amide bonds. The average molecular weight is 293 g/mol. The van der Waals surface area contributed by atoms with E-state index < -0.39 is 0 Å². The number of aryl methyl sites for hydroxylation is 1. The monoisotopic (exact) mass is 292 g/mol. The van der Waals surface area contributed by atoms with Gasteiger partial charge in [0.05, 0.1) is 6.42 Å². The van der Waals surface area contributed by atoms with Crippen LogP contribution in [-0.4, -0.2) is 15.3 Å². The highest BCUT2D eigenvalue weighted by Crippen LogP contribution is 2.20. The Balaban J connectivity index is 2.27. The lowest BCUT2D eigenvalue weighted by atomic mass is 10.0. The first-order valence-electron chi connectivity index (χ1n) is 5.34. The summed E-state index contributed by atoms with van der Waals surface area (Å²) in [6, 6.07) is 5.67. The van der Waals surface area contributed by atoms with Gasteiger partial charge in [0.2, 0.25) is 0 Å². The maximum Gasteiger partial charge on any atom is 0.170 e. The molecule has 17 heavy (non-hydrogen) atoms. The molecule has 0 saturated heterocycles. The zero-order valence-electron chi connectivity index (χ0n) is 9.77. The second-order valence-electron chi connectivity index (χ2n) is 3.97. The summed E-state index contributed by atoms with van der Waals surface area (Å²) in [4.78, 5) is 16.3. The van der Waals surface area contributed by atoms with Gasteiger partial charge in [-0.05, 0) is 18.6 Å². The van der Waals surface area contributed by atoms with E-state index in [1.165, 1.54) is 0 Å². The van der Waals surface area contributed by atoms with Crippen LogP contribution < -0.4 is 0 Å². The van der Waals surface area contributed by atoms with Crippen LogP contribution in [0.1, 0.15) is 21.7 Å². The number of benzene rings is 1. The van der Waals surface area contributed by atoms with Gasteiger partial charge in [0.25, 0.3) is 0 Å². The van der Waals surface area contributed by atoms with Crippen LogP contribution in [0, 0.1) is 6.92 Å². The zero-order valence-corrected chi connectivity index (χ0v) is 11.4. The minimum absolute atomic E-state index is 0.0955. The van der Waals surface area contributed by atoms with Crippen LogP contribution in [0.25, 0.3) is 0 Å². The van der Waals surface area contributed by atoms with Crippen molar-refractivity contribution in [2.45, 2.75) is 13.3 Å². The van der Waals surface area contributed by atoms with Crippen LogP contribution in [0.2, 0.25) is 0 Å². The quantitative estimate of drug-likeness (QED) is 0.816. The number of imidazole rings is 1. The van der Waals surface area contributed by atoms with Crippen molar-refractivity contribution in [1.29, 1.82) is 0 Å². The molecule has 4 heteroatoms. The molecule has 0 radical (unpaired) electrons. The van der Waals surface area contributed by atoms with E-state index in [1.807, 2.05) is 42.9 Å². The van der Waals surface area contributed by atoms with E-state index in [2.05, 4.69) is 20.9 Å². The number of halogens is 1. The Hall–Kier alpha value is -1.42. The Bertz CT molecular complexity index is 560. The third-order valence-corrected chi connectivity index (χ3v) is 3.67. The third-order valence-electron chi connectivity index (χ3n) is 2.81. The van der Waals surface area contributed by atoms with E-state index in [0.29, 0.717) is 6.42 Å². The first-order valence-corrected chi connectivity index (χ1v) is 6.13. The SMILES string of the molecule is Cc1c(Br)cccc1C(=O)Cc1nccn1C. The molecule has 3 nitrogen and oxygen atoms in total. The largest absolute Gasteiger partial charge is 0.338 e. The fourth-order valence-electron chi connectivity index (χ4n) is 1.72. The summed E-state index contributed by atoms with van der Waals surface area (Å²) in [5.74, 6) is 0.882. The molecular formula is C13H13BrN2O. The molecule has 2 aromatic rings. The number of hydrogen-bond donors (Lipinski definition) is 0. The van der Waals surface area contributed by atoms with Crippen LogP contribution in [0.4, 0.5) is 0 Å². The molecule has 0 N–H and O–H groups in total. The smallest absolute Gasteiger partial charge is 0.170 e. The number of aromatic nitrogens is 2. The fourth-order valence-corrected chi connectivity index (χ4v) is 2.08. The third kappa shape index (κ3) is 2.47. The molecule has 1 aromatic carbocycles. The summed E-state index contributed by atoms with van der Waals surface area (Å²) in [5.41, 5.74) is 1.73. The van der Waals surface area contributed by atoms with Crippen LogP contribution in [0.5, 0.6) is 0 Å². The summed E-state index contributed by atoms with van der Waals surface area (Å²) in [7, 11) is 1.89. The molecule has 2 rings (SSSR count). The normalized spacial score (nSPS) is 10.5. The molecule has 0 unspecified atom stereocenters. The van der Waals surface area contributed by atoms with Crippen LogP contribution in [0.15, 0.2) is 35.1 Å². The highest BCUT2D eigenvalue weighted by atomic mass is 79.9. The Morgan fingerprint density at radius 1 is 1.47 bits per heavy atom. The van der Waals surface area contributed by atoms with Crippen molar-refractivity contribution in [3.63, 3.8) is 0 Å². The predicted octanol–water partition coefficient (Wildman–Crippen LogP) is 2.92. The van der Waals surface area contributed by atoms with E-state index in [4.69, 9.17) is 0 Å². The van der Waals surface area contributed by atoms with E-state index in [-0.39, 0.29) is 5.78 Å². The number of nitrogens with zero attached hydrogens (tertiary/aromatic N) is 2. The standard InChI is InChI=1S/C13H13BrN2O/c1-9-10(4-3-5-11(9)14)12(17)8-13-15-6-7-16(13)2/h3-7H,8H2,1-2H3. The maximum atomic E-state index is 12.2. The lowest BCUT2D eigenvalue weighted by Gasteiger charge is -2.06. The van der Waals surface area contributed by atoms with Crippen LogP contribution in [0.3, 0.4) is 0 Å². The Kier molecular flexibility index (Phi) is 3.43. The lowest BCUT2D eigenvalue weighted by molar-refractivity contribution is 0.0989. The molecule has 0 atom stereocenters. The minimum Gasteiger partial charge on any atom is -0.338 e. The molecule has 0 bridgehead atoms. The molecule has 0 fully saturated rings. The second kappa shape index (κ2) is 4.84. The molecule has 0 aliphatic heterocycles. The van der Waals surface area contributed by atoms with Crippen molar-refractivity contribution in [1.82, 2.24) is 9.55 Å². The number of Topliss-reactive ketones (excluding diaryl/α,β-unsaturated/α-hetero) is 1. The molecule has 0 aliphatic rings. The summed E-state index contributed by atoms with van der Waals surface area (Å²) in [6.45, 7) is 1.94. The number of rotatable bonds is 3. The average Bonchev–Trinajstić information content (AvgIpc) is 2.68. The van der Waals surface area contributed by atoms with Gasteiger partial charge in [0, 0.05) is 29.5 Å². The first kappa shape index (κ1) is 12.0. The van der Waals surface area contributed by atoms with Crippen molar-refractivity contribution in [2.75, 3.05) is 0 Å². The second-order valence-corrected chi connectivity index (χ2v) is 4.82. The Morgan fingerprint density at radius 3 is 2.88 bits per heavy atom. The predicted molar refractivity (Wildman–Crippen MR) is 70.1 cm³/mol. The van der Waals surface area contributed by atoms with Crippen LogP contribution in [-0.2, 0) is 13.5 Å². The molecule has 1 heterocycles. The number of carbonyl (C=O) groups is 1. The molecule has 0 spiro atoms. The van der Waals surface area contributed by atoms with Crippen molar-refractivity contribution in [2.24, 2.45) is 7.05 Å². The molecule has 0 aliphatic carbocycles. The minimum atomic E-state index is 0.0955. The van der Waals surface area contributed by atoms with Gasteiger partial charge in [-0.1, -0.05) is 28.1 Å². The van der Waals surface area contributed by atoms with Gasteiger partial charge in [0.1, 0.15) is 5.82 Å². The summed E-state index contributed by atoms with van der Waals surface area (Å²) in [6.07, 6.45) is 3.88. The van der Waals surface area contributed by atoms with Crippen molar-refractivity contribution >= 4 is 21.7 Å². The Labute approximate surface area is 109 Å². The first-order chi connectivity index (χ1) is 8.09. The molecular weight excluding hydrogens is 280 g/mol. The summed E-state index contributed by atoms with van der Waals surface area (Å²) >= 11 is 3.43. The van der Waals surface area contributed by atoms with Crippen molar-refractivity contribution in [3.05, 3.63) is 52.0 Å². The number of carbonyl (C=O) groups excluding carboxylic acids is 1. The van der Waals surface area contributed by atoms with Gasteiger partial charge in [-0.15, -0.1) is 0 Å². The van der Waals surface area contributed by atoms with Gasteiger partial charge in [-0.2, -0.15) is 0 Å². The highest BCUT2D eigenvalue weighted by molar-refractivity contribution is 9.10. The summed E-state index contributed by atoms with van der Waals surface area (Å²) < 4.78 is 2.83. The zero-order chi connectivity index (χ0) is 12.4. The summed E-state index contributed by atoms with van der Waals surface area (Å²) in [5, 5.41) is 0. The number of hydrogen-bond acceptors (Lipinski definition) is 2. The highest BCUT2D eigenvalue weighted by Gasteiger charge is 2.13. The van der Waals surface area contributed by atoms with Gasteiger partial charge >= 0.3 is 0 Å². The van der Waals surface area contributed by atoms with Crippen molar-refractivity contribution < 1.29 is 4.79 Å². The van der Waals surface area contributed by atoms with Gasteiger partial charge in [-0.25, -0.2) is 4.98 Å². The van der Waals surface area contributed by atoms with E-state index >= 15 is 0 Å². The van der Waals surface area contributed by atoms with E-state index in [0.717, 1.165) is 21.4 Å². The van der Waals surface area contributed by atoms with E-state index in [9.17, 15) is 4.79 Å². The Morgan fingerprint density at radius 2 is 2.24 bits per heavy atom. The van der Waals surface area contributed by atoms with Gasteiger partial charge in [-0.3, -0.25) is 4.79 Å². The topological polar surface area (TPSA) is 34.9 Å².